The third-order valence-electron chi connectivity index (χ3n) is 4.43. The van der Waals surface area contributed by atoms with Crippen LogP contribution in [0.5, 0.6) is 0 Å². The van der Waals surface area contributed by atoms with E-state index in [2.05, 4.69) is 5.10 Å². The van der Waals surface area contributed by atoms with Crippen molar-refractivity contribution in [3.63, 3.8) is 0 Å². The Balaban J connectivity index is 1.98. The summed E-state index contributed by atoms with van der Waals surface area (Å²) in [6.07, 6.45) is 1.12. The molecular formula is C21H15FN2O3S. The summed E-state index contributed by atoms with van der Waals surface area (Å²) < 4.78 is 37.9. The van der Waals surface area contributed by atoms with Crippen molar-refractivity contribution in [3.05, 3.63) is 89.0 Å². The van der Waals surface area contributed by atoms with Crippen LogP contribution in [0.15, 0.2) is 82.5 Å². The first-order chi connectivity index (χ1) is 13.3. The van der Waals surface area contributed by atoms with Crippen LogP contribution in [0.3, 0.4) is 0 Å². The van der Waals surface area contributed by atoms with Gasteiger partial charge in [0.15, 0.2) is 9.84 Å². The van der Waals surface area contributed by atoms with Gasteiger partial charge >= 0.3 is 0 Å². The Morgan fingerprint density at radius 3 is 2.07 bits per heavy atom. The predicted octanol–water partition coefficient (Wildman–Crippen LogP) is 3.60. The van der Waals surface area contributed by atoms with Gasteiger partial charge in [0.05, 0.1) is 21.7 Å². The molecule has 0 amide bonds. The SMILES string of the molecule is CS(=O)(=O)c1ccc(-n2nc(-c3ccc(F)cc3)c3ccccc3c2=O)cc1. The Morgan fingerprint density at radius 2 is 1.46 bits per heavy atom. The quantitative estimate of drug-likeness (QED) is 0.532. The zero-order valence-electron chi connectivity index (χ0n) is 14.8. The highest BCUT2D eigenvalue weighted by atomic mass is 32.2. The summed E-state index contributed by atoms with van der Waals surface area (Å²) in [6.45, 7) is 0. The minimum absolute atomic E-state index is 0.156. The van der Waals surface area contributed by atoms with E-state index >= 15 is 0 Å². The van der Waals surface area contributed by atoms with Crippen molar-refractivity contribution in [1.82, 2.24) is 9.78 Å². The second-order valence-corrected chi connectivity index (χ2v) is 8.40. The van der Waals surface area contributed by atoms with Crippen molar-refractivity contribution in [2.75, 3.05) is 6.26 Å². The summed E-state index contributed by atoms with van der Waals surface area (Å²) in [5.41, 5.74) is 1.31. The van der Waals surface area contributed by atoms with Gasteiger partial charge in [-0.2, -0.15) is 9.78 Å². The van der Waals surface area contributed by atoms with E-state index in [-0.39, 0.29) is 16.3 Å². The van der Waals surface area contributed by atoms with Crippen molar-refractivity contribution >= 4 is 20.6 Å². The van der Waals surface area contributed by atoms with Gasteiger partial charge in [-0.1, -0.05) is 18.2 Å². The summed E-state index contributed by atoms with van der Waals surface area (Å²) in [5, 5.41) is 5.61. The molecule has 1 heterocycles. The second kappa shape index (κ2) is 6.69. The van der Waals surface area contributed by atoms with E-state index in [9.17, 15) is 17.6 Å². The van der Waals surface area contributed by atoms with Gasteiger partial charge in [-0.25, -0.2) is 12.8 Å². The van der Waals surface area contributed by atoms with Gasteiger partial charge < -0.3 is 0 Å². The third kappa shape index (κ3) is 3.20. The van der Waals surface area contributed by atoms with Crippen LogP contribution >= 0.6 is 0 Å². The van der Waals surface area contributed by atoms with Crippen LogP contribution in [-0.4, -0.2) is 24.5 Å². The fraction of sp³-hybridized carbons (Fsp3) is 0.0476. The number of rotatable bonds is 3. The van der Waals surface area contributed by atoms with Crippen molar-refractivity contribution < 1.29 is 12.8 Å². The summed E-state index contributed by atoms with van der Waals surface area (Å²) in [4.78, 5) is 13.1. The minimum Gasteiger partial charge on any atom is -0.267 e. The fourth-order valence-electron chi connectivity index (χ4n) is 3.02. The minimum atomic E-state index is -3.35. The van der Waals surface area contributed by atoms with E-state index in [1.54, 1.807) is 30.3 Å². The largest absolute Gasteiger partial charge is 0.279 e. The first kappa shape index (κ1) is 18.1. The number of nitrogens with zero attached hydrogens (tertiary/aromatic N) is 2. The normalized spacial score (nSPS) is 11.6. The number of fused-ring (bicyclic) bond motifs is 1. The molecule has 4 rings (SSSR count). The highest BCUT2D eigenvalue weighted by Crippen LogP contribution is 2.25. The highest BCUT2D eigenvalue weighted by molar-refractivity contribution is 7.90. The molecule has 5 nitrogen and oxygen atoms in total. The number of aromatic nitrogens is 2. The molecule has 0 N–H and O–H groups in total. The van der Waals surface area contributed by atoms with E-state index in [4.69, 9.17) is 0 Å². The molecule has 4 aromatic rings. The lowest BCUT2D eigenvalue weighted by atomic mass is 10.0. The van der Waals surface area contributed by atoms with E-state index in [1.807, 2.05) is 6.07 Å². The summed E-state index contributed by atoms with van der Waals surface area (Å²) in [6, 6.07) is 18.9. The average molecular weight is 394 g/mol. The van der Waals surface area contributed by atoms with E-state index in [1.165, 1.54) is 41.1 Å². The fourth-order valence-corrected chi connectivity index (χ4v) is 3.65. The van der Waals surface area contributed by atoms with Crippen LogP contribution in [-0.2, 0) is 9.84 Å². The Hall–Kier alpha value is -3.32. The van der Waals surface area contributed by atoms with Gasteiger partial charge in [0.1, 0.15) is 5.82 Å². The number of halogens is 1. The van der Waals surface area contributed by atoms with Crippen molar-refractivity contribution in [3.8, 4) is 16.9 Å². The van der Waals surface area contributed by atoms with Crippen molar-refractivity contribution in [2.24, 2.45) is 0 Å². The molecule has 140 valence electrons. The maximum Gasteiger partial charge on any atom is 0.279 e. The van der Waals surface area contributed by atoms with Crippen LogP contribution in [0.25, 0.3) is 27.7 Å². The number of hydrogen-bond donors (Lipinski definition) is 0. The lowest BCUT2D eigenvalue weighted by Crippen LogP contribution is -2.22. The lowest BCUT2D eigenvalue weighted by Gasteiger charge is -2.12. The Labute approximate surface area is 160 Å². The van der Waals surface area contributed by atoms with Crippen LogP contribution in [0.4, 0.5) is 4.39 Å². The molecule has 0 bridgehead atoms. The highest BCUT2D eigenvalue weighted by Gasteiger charge is 2.14. The van der Waals surface area contributed by atoms with Gasteiger partial charge in [-0.15, -0.1) is 0 Å². The zero-order valence-corrected chi connectivity index (χ0v) is 15.7. The topological polar surface area (TPSA) is 69.0 Å². The van der Waals surface area contributed by atoms with E-state index in [0.29, 0.717) is 27.7 Å². The molecule has 0 unspecified atom stereocenters. The van der Waals surface area contributed by atoms with Gasteiger partial charge in [-0.05, 0) is 54.6 Å². The smallest absolute Gasteiger partial charge is 0.267 e. The van der Waals surface area contributed by atoms with Gasteiger partial charge in [0.2, 0.25) is 0 Å². The number of benzene rings is 3. The standard InChI is InChI=1S/C21H15FN2O3S/c1-28(26,27)17-12-10-16(11-13-17)24-21(25)19-5-3-2-4-18(19)20(23-24)14-6-8-15(22)9-7-14/h2-13H,1H3. The molecule has 0 atom stereocenters. The first-order valence-electron chi connectivity index (χ1n) is 8.43. The molecular weight excluding hydrogens is 379 g/mol. The second-order valence-electron chi connectivity index (χ2n) is 6.38. The molecule has 0 aliphatic carbocycles. The summed E-state index contributed by atoms with van der Waals surface area (Å²) >= 11 is 0. The van der Waals surface area contributed by atoms with E-state index < -0.39 is 9.84 Å². The van der Waals surface area contributed by atoms with Crippen LogP contribution in [0, 0.1) is 5.82 Å². The first-order valence-corrected chi connectivity index (χ1v) is 10.3. The molecule has 28 heavy (non-hydrogen) atoms. The average Bonchev–Trinajstić information content (AvgIpc) is 2.69. The Kier molecular flexibility index (Phi) is 4.31. The van der Waals surface area contributed by atoms with Gasteiger partial charge in [0.25, 0.3) is 5.56 Å². The monoisotopic (exact) mass is 394 g/mol. The molecule has 7 heteroatoms. The molecule has 0 spiro atoms. The zero-order chi connectivity index (χ0) is 19.9. The molecule has 0 aliphatic rings. The molecule has 0 aliphatic heterocycles. The van der Waals surface area contributed by atoms with Gasteiger partial charge in [-0.3, -0.25) is 4.79 Å². The molecule has 3 aromatic carbocycles. The maximum absolute atomic E-state index is 13.3. The molecule has 1 aromatic heterocycles. The van der Waals surface area contributed by atoms with Crippen LogP contribution < -0.4 is 5.56 Å². The van der Waals surface area contributed by atoms with Crippen molar-refractivity contribution in [1.29, 1.82) is 0 Å². The summed E-state index contributed by atoms with van der Waals surface area (Å²) in [5.74, 6) is -0.363. The number of hydrogen-bond acceptors (Lipinski definition) is 4. The molecule has 0 saturated carbocycles. The lowest BCUT2D eigenvalue weighted by molar-refractivity contribution is 0.602. The van der Waals surface area contributed by atoms with Crippen LogP contribution in [0.2, 0.25) is 0 Å². The maximum atomic E-state index is 13.3. The molecule has 0 radical (unpaired) electrons. The van der Waals surface area contributed by atoms with E-state index in [0.717, 1.165) is 6.26 Å². The Morgan fingerprint density at radius 1 is 0.857 bits per heavy atom. The predicted molar refractivity (Wildman–Crippen MR) is 106 cm³/mol. The summed E-state index contributed by atoms with van der Waals surface area (Å²) in [7, 11) is -3.35. The third-order valence-corrected chi connectivity index (χ3v) is 5.56. The Bertz CT molecular complexity index is 1340. The number of sulfone groups is 1. The molecule has 0 saturated heterocycles. The van der Waals surface area contributed by atoms with Crippen molar-refractivity contribution in [2.45, 2.75) is 4.90 Å². The van der Waals surface area contributed by atoms with Gasteiger partial charge in [0, 0.05) is 17.2 Å². The van der Waals surface area contributed by atoms with Crippen LogP contribution in [0.1, 0.15) is 0 Å². The molecule has 0 fully saturated rings.